The van der Waals surface area contributed by atoms with Crippen LogP contribution in [0.1, 0.15) is 64.4 Å². The maximum absolute atomic E-state index is 13.2. The summed E-state index contributed by atoms with van der Waals surface area (Å²) in [6.45, 7) is 5.36. The van der Waals surface area contributed by atoms with E-state index in [1.165, 1.54) is 11.3 Å². The molecular formula is C29H38N2O5. The SMILES string of the molecule is COc1ccc(N(/C=C/[C@@H](c2ccccc2)[C@@H](C[N+](=O)[O-])C2CCCCC2)C(=O)OC(C)(C)C)cc1. The van der Waals surface area contributed by atoms with E-state index in [1.54, 1.807) is 37.6 Å². The van der Waals surface area contributed by atoms with Gasteiger partial charge < -0.3 is 9.47 Å². The van der Waals surface area contributed by atoms with E-state index in [0.717, 1.165) is 31.2 Å². The molecule has 36 heavy (non-hydrogen) atoms. The third kappa shape index (κ3) is 7.83. The van der Waals surface area contributed by atoms with E-state index in [-0.39, 0.29) is 29.2 Å². The highest BCUT2D eigenvalue weighted by atomic mass is 16.6. The van der Waals surface area contributed by atoms with Crippen LogP contribution in [-0.4, -0.2) is 30.3 Å². The summed E-state index contributed by atoms with van der Waals surface area (Å²) in [6.07, 6.45) is 8.49. The number of carbonyl (C=O) groups excluding carboxylic acids is 1. The number of amides is 1. The van der Waals surface area contributed by atoms with Crippen molar-refractivity contribution in [2.75, 3.05) is 18.6 Å². The van der Waals surface area contributed by atoms with Gasteiger partial charge in [0.25, 0.3) is 0 Å². The Morgan fingerprint density at radius 3 is 2.28 bits per heavy atom. The van der Waals surface area contributed by atoms with Crippen LogP contribution in [0.2, 0.25) is 0 Å². The summed E-state index contributed by atoms with van der Waals surface area (Å²) >= 11 is 0. The number of ether oxygens (including phenoxy) is 2. The van der Waals surface area contributed by atoms with Crippen molar-refractivity contribution < 1.29 is 19.2 Å². The average Bonchev–Trinajstić information content (AvgIpc) is 2.85. The molecule has 0 aromatic heterocycles. The zero-order valence-corrected chi connectivity index (χ0v) is 21.8. The Hall–Kier alpha value is -3.35. The van der Waals surface area contributed by atoms with Crippen LogP contribution in [-0.2, 0) is 4.74 Å². The Bertz CT molecular complexity index is 1010. The maximum Gasteiger partial charge on any atom is 0.418 e. The summed E-state index contributed by atoms with van der Waals surface area (Å²) in [7, 11) is 1.59. The number of benzene rings is 2. The zero-order chi connectivity index (χ0) is 26.1. The number of methoxy groups -OCH3 is 1. The second kappa shape index (κ2) is 12.6. The standard InChI is InChI=1S/C29H38N2O5/c1-29(2,3)36-28(32)30(24-15-17-25(35-4)18-16-24)20-19-26(22-11-7-5-8-12-22)27(21-31(33)34)23-13-9-6-10-14-23/h5,7-8,11-12,15-20,23,26-27H,6,9-10,13-14,21H2,1-4H3/b20-19+/t26-,27-/m0/s1. The van der Waals surface area contributed by atoms with Crippen LogP contribution in [0, 0.1) is 22.0 Å². The molecular weight excluding hydrogens is 456 g/mol. The minimum Gasteiger partial charge on any atom is -0.497 e. The molecule has 0 radical (unpaired) electrons. The fourth-order valence-electron chi connectivity index (χ4n) is 4.95. The smallest absolute Gasteiger partial charge is 0.418 e. The largest absolute Gasteiger partial charge is 0.497 e. The molecule has 2 atom stereocenters. The monoisotopic (exact) mass is 494 g/mol. The Kier molecular flexibility index (Phi) is 9.51. The first kappa shape index (κ1) is 27.2. The van der Waals surface area contributed by atoms with Crippen molar-refractivity contribution in [3.8, 4) is 5.75 Å². The normalized spacial score (nSPS) is 16.3. The van der Waals surface area contributed by atoms with Crippen LogP contribution in [0.25, 0.3) is 0 Å². The van der Waals surface area contributed by atoms with Crippen molar-refractivity contribution in [2.24, 2.45) is 11.8 Å². The van der Waals surface area contributed by atoms with Crippen molar-refractivity contribution in [1.29, 1.82) is 0 Å². The summed E-state index contributed by atoms with van der Waals surface area (Å²) in [5.74, 6) is 0.547. The summed E-state index contributed by atoms with van der Waals surface area (Å²) < 4.78 is 11.0. The number of hydrogen-bond donors (Lipinski definition) is 0. The first-order valence-corrected chi connectivity index (χ1v) is 12.7. The molecule has 0 spiro atoms. The Balaban J connectivity index is 2.02. The number of nitro groups is 1. The fraction of sp³-hybridized carbons (Fsp3) is 0.483. The van der Waals surface area contributed by atoms with E-state index >= 15 is 0 Å². The van der Waals surface area contributed by atoms with E-state index in [9.17, 15) is 14.9 Å². The highest BCUT2D eigenvalue weighted by Crippen LogP contribution is 2.39. The lowest BCUT2D eigenvalue weighted by molar-refractivity contribution is -0.490. The van der Waals surface area contributed by atoms with E-state index in [1.807, 2.05) is 57.2 Å². The van der Waals surface area contributed by atoms with Crippen LogP contribution in [0.5, 0.6) is 5.75 Å². The van der Waals surface area contributed by atoms with Crippen molar-refractivity contribution in [3.63, 3.8) is 0 Å². The molecule has 0 bridgehead atoms. The molecule has 1 saturated carbocycles. The lowest BCUT2D eigenvalue weighted by atomic mass is 9.72. The molecule has 1 aliphatic rings. The van der Waals surface area contributed by atoms with Gasteiger partial charge in [-0.2, -0.15) is 0 Å². The number of allylic oxidation sites excluding steroid dienone is 1. The highest BCUT2D eigenvalue weighted by Gasteiger charge is 2.34. The van der Waals surface area contributed by atoms with Crippen LogP contribution < -0.4 is 9.64 Å². The molecule has 1 aliphatic carbocycles. The molecule has 2 aromatic carbocycles. The lowest BCUT2D eigenvalue weighted by Gasteiger charge is -2.33. The van der Waals surface area contributed by atoms with Crippen LogP contribution in [0.4, 0.5) is 10.5 Å². The quantitative estimate of drug-likeness (QED) is 0.272. The van der Waals surface area contributed by atoms with Gasteiger partial charge in [-0.15, -0.1) is 0 Å². The third-order valence-electron chi connectivity index (χ3n) is 6.64. The number of rotatable bonds is 9. The third-order valence-corrected chi connectivity index (χ3v) is 6.64. The molecule has 0 saturated heterocycles. The molecule has 194 valence electrons. The van der Waals surface area contributed by atoms with Crippen LogP contribution in [0.15, 0.2) is 66.9 Å². The Morgan fingerprint density at radius 2 is 1.72 bits per heavy atom. The first-order valence-electron chi connectivity index (χ1n) is 12.7. The van der Waals surface area contributed by atoms with Gasteiger partial charge in [0.2, 0.25) is 6.54 Å². The van der Waals surface area contributed by atoms with Crippen molar-refractivity contribution in [3.05, 3.63) is 82.6 Å². The highest BCUT2D eigenvalue weighted by molar-refractivity contribution is 5.90. The fourth-order valence-corrected chi connectivity index (χ4v) is 4.95. The topological polar surface area (TPSA) is 81.9 Å². The van der Waals surface area contributed by atoms with E-state index in [2.05, 4.69) is 0 Å². The number of hydrogen-bond acceptors (Lipinski definition) is 5. The van der Waals surface area contributed by atoms with Crippen LogP contribution in [0.3, 0.4) is 0 Å². The summed E-state index contributed by atoms with van der Waals surface area (Å²) in [6, 6.07) is 17.0. The molecule has 0 aliphatic heterocycles. The minimum absolute atomic E-state index is 0.108. The number of nitrogens with zero attached hydrogens (tertiary/aromatic N) is 2. The predicted molar refractivity (Wildman–Crippen MR) is 142 cm³/mol. The summed E-state index contributed by atoms with van der Waals surface area (Å²) in [5.41, 5.74) is 0.951. The molecule has 3 rings (SSSR count). The van der Waals surface area contributed by atoms with Crippen molar-refractivity contribution in [2.45, 2.75) is 64.4 Å². The van der Waals surface area contributed by atoms with E-state index in [0.29, 0.717) is 11.4 Å². The van der Waals surface area contributed by atoms with Gasteiger partial charge in [-0.1, -0.05) is 55.7 Å². The zero-order valence-electron chi connectivity index (χ0n) is 21.8. The lowest BCUT2D eigenvalue weighted by Crippen LogP contribution is -2.34. The molecule has 1 fully saturated rings. The maximum atomic E-state index is 13.2. The van der Waals surface area contributed by atoms with Gasteiger partial charge in [0.15, 0.2) is 0 Å². The van der Waals surface area contributed by atoms with Gasteiger partial charge in [0.1, 0.15) is 11.4 Å². The summed E-state index contributed by atoms with van der Waals surface area (Å²) in [4.78, 5) is 26.2. The van der Waals surface area contributed by atoms with E-state index < -0.39 is 11.7 Å². The second-order valence-electron chi connectivity index (χ2n) is 10.4. The molecule has 1 amide bonds. The molecule has 0 heterocycles. The number of carbonyl (C=O) groups is 1. The van der Waals surface area contributed by atoms with Gasteiger partial charge >= 0.3 is 6.09 Å². The van der Waals surface area contributed by atoms with Crippen molar-refractivity contribution >= 4 is 11.8 Å². The van der Waals surface area contributed by atoms with Gasteiger partial charge in [0, 0.05) is 23.0 Å². The molecule has 2 aromatic rings. The van der Waals surface area contributed by atoms with Crippen molar-refractivity contribution in [1.82, 2.24) is 0 Å². The van der Waals surface area contributed by atoms with Gasteiger partial charge in [-0.25, -0.2) is 4.79 Å². The molecule has 7 heteroatoms. The van der Waals surface area contributed by atoms with Gasteiger partial charge in [-0.3, -0.25) is 15.0 Å². The number of anilines is 1. The second-order valence-corrected chi connectivity index (χ2v) is 10.4. The van der Waals surface area contributed by atoms with Gasteiger partial charge in [0.05, 0.1) is 12.8 Å². The molecule has 7 nitrogen and oxygen atoms in total. The Labute approximate surface area is 214 Å². The first-order chi connectivity index (χ1) is 17.2. The van der Waals surface area contributed by atoms with Gasteiger partial charge in [-0.05, 0) is 69.4 Å². The molecule has 0 unspecified atom stereocenters. The Morgan fingerprint density at radius 1 is 1.08 bits per heavy atom. The molecule has 0 N–H and O–H groups in total. The predicted octanol–water partition coefficient (Wildman–Crippen LogP) is 7.21. The average molecular weight is 495 g/mol. The summed E-state index contributed by atoms with van der Waals surface area (Å²) in [5, 5.41) is 11.8. The van der Waals surface area contributed by atoms with E-state index in [4.69, 9.17) is 9.47 Å². The van der Waals surface area contributed by atoms with Crippen LogP contribution >= 0.6 is 0 Å². The minimum atomic E-state index is -0.676.